The van der Waals surface area contributed by atoms with Gasteiger partial charge in [0, 0.05) is 29.9 Å². The van der Waals surface area contributed by atoms with Crippen molar-refractivity contribution >= 4 is 17.3 Å². The summed E-state index contributed by atoms with van der Waals surface area (Å²) in [5.74, 6) is -0.760. The maximum absolute atomic E-state index is 13.0. The van der Waals surface area contributed by atoms with Gasteiger partial charge in [0.15, 0.2) is 5.78 Å². The Labute approximate surface area is 121 Å². The smallest absolute Gasteiger partial charge is 0.210 e. The van der Waals surface area contributed by atoms with E-state index < -0.39 is 0 Å². The van der Waals surface area contributed by atoms with Gasteiger partial charge in [0.05, 0.1) is 5.70 Å². The van der Waals surface area contributed by atoms with Crippen LogP contribution in [0.15, 0.2) is 60.3 Å². The number of nitrogens with zero attached hydrogens (tertiary/aromatic N) is 1. The molecule has 0 aliphatic heterocycles. The van der Waals surface area contributed by atoms with Crippen LogP contribution in [0.5, 0.6) is 0 Å². The molecule has 0 amide bonds. The second kappa shape index (κ2) is 4.98. The highest BCUT2D eigenvalue weighted by Gasteiger charge is 2.27. The van der Waals surface area contributed by atoms with Crippen molar-refractivity contribution in [3.05, 3.63) is 77.2 Å². The van der Waals surface area contributed by atoms with Crippen molar-refractivity contribution in [1.82, 2.24) is 0 Å². The molecule has 3 rings (SSSR count). The summed E-state index contributed by atoms with van der Waals surface area (Å²) in [4.78, 5) is 26.2. The van der Waals surface area contributed by atoms with E-state index in [4.69, 9.17) is 0 Å². The van der Waals surface area contributed by atoms with E-state index in [-0.39, 0.29) is 23.1 Å². The van der Waals surface area contributed by atoms with E-state index in [0.717, 1.165) is 0 Å². The molecule has 0 saturated carbocycles. The lowest BCUT2D eigenvalue weighted by Gasteiger charge is -2.24. The summed E-state index contributed by atoms with van der Waals surface area (Å²) in [6.07, 6.45) is 1.33. The molecule has 0 aromatic heterocycles. The predicted molar refractivity (Wildman–Crippen MR) is 78.0 cm³/mol. The van der Waals surface area contributed by atoms with E-state index >= 15 is 0 Å². The van der Waals surface area contributed by atoms with Crippen LogP contribution in [0.3, 0.4) is 0 Å². The van der Waals surface area contributed by atoms with Crippen molar-refractivity contribution in [2.24, 2.45) is 0 Å². The quantitative estimate of drug-likeness (QED) is 0.848. The summed E-state index contributed by atoms with van der Waals surface area (Å²) in [5.41, 5.74) is 1.74. The number of likely N-dealkylation sites (N-methyl/N-ethyl adjacent to an activating group) is 1. The van der Waals surface area contributed by atoms with E-state index in [0.29, 0.717) is 16.8 Å². The SMILES string of the molecule is CN(C1=CC(=O)c2ccccc2C1=O)c1ccc(F)cc1. The monoisotopic (exact) mass is 281 g/mol. The number of halogens is 1. The number of ketones is 2. The van der Waals surface area contributed by atoms with Crippen LogP contribution in [0, 0.1) is 5.82 Å². The fraction of sp³-hybridized carbons (Fsp3) is 0.0588. The molecule has 3 nitrogen and oxygen atoms in total. The Kier molecular flexibility index (Phi) is 3.14. The van der Waals surface area contributed by atoms with Crippen LogP contribution in [0.2, 0.25) is 0 Å². The maximum atomic E-state index is 13.0. The summed E-state index contributed by atoms with van der Waals surface area (Å²) in [5, 5.41) is 0. The van der Waals surface area contributed by atoms with Gasteiger partial charge in [0.1, 0.15) is 5.82 Å². The lowest BCUT2D eigenvalue weighted by Crippen LogP contribution is -2.28. The molecule has 0 bridgehead atoms. The second-order valence-electron chi connectivity index (χ2n) is 4.80. The third-order valence-electron chi connectivity index (χ3n) is 3.51. The van der Waals surface area contributed by atoms with Gasteiger partial charge in [-0.25, -0.2) is 4.39 Å². The highest BCUT2D eigenvalue weighted by molar-refractivity contribution is 6.25. The van der Waals surface area contributed by atoms with E-state index in [9.17, 15) is 14.0 Å². The van der Waals surface area contributed by atoms with Gasteiger partial charge in [-0.15, -0.1) is 0 Å². The van der Waals surface area contributed by atoms with Crippen molar-refractivity contribution in [2.45, 2.75) is 0 Å². The summed E-state index contributed by atoms with van der Waals surface area (Å²) < 4.78 is 13.0. The molecule has 0 spiro atoms. The van der Waals surface area contributed by atoms with Gasteiger partial charge in [-0.1, -0.05) is 24.3 Å². The fourth-order valence-corrected chi connectivity index (χ4v) is 2.35. The molecule has 1 aliphatic carbocycles. The van der Waals surface area contributed by atoms with Gasteiger partial charge < -0.3 is 4.90 Å². The number of Topliss-reactive ketones (excluding diaryl/α,β-unsaturated/α-hetero) is 1. The number of fused-ring (bicyclic) bond motifs is 1. The molecule has 1 aliphatic rings. The topological polar surface area (TPSA) is 37.4 Å². The number of carbonyl (C=O) groups is 2. The Morgan fingerprint density at radius 1 is 0.905 bits per heavy atom. The summed E-state index contributed by atoms with van der Waals surface area (Å²) in [6, 6.07) is 12.5. The van der Waals surface area contributed by atoms with Gasteiger partial charge in [-0.3, -0.25) is 9.59 Å². The first-order valence-electron chi connectivity index (χ1n) is 6.47. The van der Waals surface area contributed by atoms with Crippen molar-refractivity contribution < 1.29 is 14.0 Å². The Bertz CT molecular complexity index is 763. The highest BCUT2D eigenvalue weighted by atomic mass is 19.1. The normalized spacial score (nSPS) is 13.7. The summed E-state index contributed by atoms with van der Waals surface area (Å²) in [6.45, 7) is 0. The minimum atomic E-state index is -0.350. The standard InChI is InChI=1S/C17H12FNO2/c1-19(12-8-6-11(18)7-9-12)15-10-16(20)13-4-2-3-5-14(13)17(15)21/h2-10H,1H3. The molecule has 0 radical (unpaired) electrons. The van der Waals surface area contributed by atoms with Crippen molar-refractivity contribution in [3.63, 3.8) is 0 Å². The maximum Gasteiger partial charge on any atom is 0.210 e. The van der Waals surface area contributed by atoms with Crippen LogP contribution in [0.1, 0.15) is 20.7 Å². The molecule has 0 heterocycles. The van der Waals surface area contributed by atoms with Crippen LogP contribution >= 0.6 is 0 Å². The van der Waals surface area contributed by atoms with Gasteiger partial charge in [0.2, 0.25) is 5.78 Å². The van der Waals surface area contributed by atoms with E-state index in [1.807, 2.05) is 0 Å². The Balaban J connectivity index is 2.02. The third-order valence-corrected chi connectivity index (χ3v) is 3.51. The van der Waals surface area contributed by atoms with Crippen molar-refractivity contribution in [3.8, 4) is 0 Å². The van der Waals surface area contributed by atoms with Crippen LogP contribution in [-0.2, 0) is 0 Å². The molecule has 0 fully saturated rings. The molecule has 2 aromatic carbocycles. The minimum Gasteiger partial charge on any atom is -0.341 e. The molecule has 104 valence electrons. The van der Waals surface area contributed by atoms with E-state index in [1.165, 1.54) is 18.2 Å². The van der Waals surface area contributed by atoms with Crippen LogP contribution in [0.4, 0.5) is 10.1 Å². The molecule has 0 saturated heterocycles. The van der Waals surface area contributed by atoms with Gasteiger partial charge >= 0.3 is 0 Å². The Morgan fingerprint density at radius 2 is 1.52 bits per heavy atom. The van der Waals surface area contributed by atoms with Crippen LogP contribution < -0.4 is 4.90 Å². The highest BCUT2D eigenvalue weighted by Crippen LogP contribution is 2.26. The number of allylic oxidation sites excluding steroid dienone is 2. The number of carbonyl (C=O) groups excluding carboxylic acids is 2. The number of rotatable bonds is 2. The number of benzene rings is 2. The fourth-order valence-electron chi connectivity index (χ4n) is 2.35. The average Bonchev–Trinajstić information content (AvgIpc) is 2.51. The molecular formula is C17H12FNO2. The van der Waals surface area contributed by atoms with E-state index in [2.05, 4.69) is 0 Å². The Hall–Kier alpha value is -2.75. The second-order valence-corrected chi connectivity index (χ2v) is 4.80. The predicted octanol–water partition coefficient (Wildman–Crippen LogP) is 3.23. The zero-order valence-corrected chi connectivity index (χ0v) is 11.3. The molecule has 0 atom stereocenters. The number of hydrogen-bond acceptors (Lipinski definition) is 3. The first-order valence-corrected chi connectivity index (χ1v) is 6.47. The zero-order chi connectivity index (χ0) is 15.0. The Morgan fingerprint density at radius 3 is 2.19 bits per heavy atom. The molecule has 0 N–H and O–H groups in total. The van der Waals surface area contributed by atoms with Gasteiger partial charge in [0.25, 0.3) is 0 Å². The lowest BCUT2D eigenvalue weighted by molar-refractivity contribution is 0.0982. The zero-order valence-electron chi connectivity index (χ0n) is 11.3. The van der Waals surface area contributed by atoms with Crippen molar-refractivity contribution in [1.29, 1.82) is 0 Å². The first kappa shape index (κ1) is 13.2. The first-order chi connectivity index (χ1) is 10.1. The molecule has 4 heteroatoms. The number of hydrogen-bond donors (Lipinski definition) is 0. The lowest BCUT2D eigenvalue weighted by atomic mass is 9.92. The van der Waals surface area contributed by atoms with Gasteiger partial charge in [-0.2, -0.15) is 0 Å². The molecular weight excluding hydrogens is 269 g/mol. The minimum absolute atomic E-state index is 0.200. The molecule has 0 unspecified atom stereocenters. The summed E-state index contributed by atoms with van der Waals surface area (Å²) >= 11 is 0. The third kappa shape index (κ3) is 2.25. The largest absolute Gasteiger partial charge is 0.341 e. The summed E-state index contributed by atoms with van der Waals surface area (Å²) in [7, 11) is 1.68. The number of anilines is 1. The van der Waals surface area contributed by atoms with Crippen molar-refractivity contribution in [2.75, 3.05) is 11.9 Å². The molecule has 21 heavy (non-hydrogen) atoms. The average molecular weight is 281 g/mol. The van der Waals surface area contributed by atoms with E-state index in [1.54, 1.807) is 48.3 Å². The van der Waals surface area contributed by atoms with Crippen LogP contribution in [0.25, 0.3) is 0 Å². The van der Waals surface area contributed by atoms with Gasteiger partial charge in [-0.05, 0) is 24.3 Å². The van der Waals surface area contributed by atoms with Crippen LogP contribution in [-0.4, -0.2) is 18.6 Å². The molecule has 2 aromatic rings.